The lowest BCUT2D eigenvalue weighted by atomic mass is 10.0. The number of sulfonamides is 1. The van der Waals surface area contributed by atoms with Crippen LogP contribution in [-0.4, -0.2) is 46.8 Å². The minimum absolute atomic E-state index is 0.0276. The van der Waals surface area contributed by atoms with E-state index in [9.17, 15) is 13.2 Å². The lowest BCUT2D eigenvalue weighted by Gasteiger charge is -2.28. The van der Waals surface area contributed by atoms with Crippen molar-refractivity contribution >= 4 is 15.9 Å². The first-order valence-electron chi connectivity index (χ1n) is 9.01. The number of carbonyl (C=O) groups is 1. The van der Waals surface area contributed by atoms with Crippen molar-refractivity contribution in [2.24, 2.45) is 0 Å². The van der Waals surface area contributed by atoms with Gasteiger partial charge in [-0.25, -0.2) is 13.1 Å². The summed E-state index contributed by atoms with van der Waals surface area (Å²) in [5, 5.41) is 4.41. The molecule has 0 saturated heterocycles. The van der Waals surface area contributed by atoms with Gasteiger partial charge in [-0.05, 0) is 30.5 Å². The van der Waals surface area contributed by atoms with E-state index in [4.69, 9.17) is 0 Å². The number of nitrogens with one attached hydrogen (secondary N) is 1. The fourth-order valence-corrected chi connectivity index (χ4v) is 3.63. The van der Waals surface area contributed by atoms with Gasteiger partial charge < -0.3 is 4.90 Å². The van der Waals surface area contributed by atoms with E-state index in [-0.39, 0.29) is 12.5 Å². The molecule has 1 amide bonds. The summed E-state index contributed by atoms with van der Waals surface area (Å²) in [6.07, 6.45) is 6.28. The van der Waals surface area contributed by atoms with Crippen molar-refractivity contribution in [2.75, 3.05) is 12.8 Å². The average molecular weight is 391 g/mol. The van der Waals surface area contributed by atoms with Crippen LogP contribution < -0.4 is 4.72 Å². The summed E-state index contributed by atoms with van der Waals surface area (Å²) in [5.41, 5.74) is 4.07. The molecule has 0 saturated carbocycles. The van der Waals surface area contributed by atoms with E-state index >= 15 is 0 Å². The molecule has 0 unspecified atom stereocenters. The largest absolute Gasteiger partial charge is 0.334 e. The summed E-state index contributed by atoms with van der Waals surface area (Å²) in [4.78, 5) is 19.2. The molecule has 8 nitrogen and oxygen atoms in total. The Labute approximate surface area is 159 Å². The Morgan fingerprint density at radius 1 is 1.37 bits per heavy atom. The maximum Gasteiger partial charge on any atom is 0.257 e. The standard InChI is InChI=1S/C18H25N5O3S/c1-4-6-23-12-16(13(2)21-23)18(24)22-7-5-17-15(11-22)8-14(9-19-17)10-20-27(3,25)26/h8-9,12,20H,4-7,10-11H2,1-3H3. The zero-order valence-electron chi connectivity index (χ0n) is 15.9. The average Bonchev–Trinajstić information content (AvgIpc) is 2.98. The van der Waals surface area contributed by atoms with Crippen LogP contribution in [0.25, 0.3) is 0 Å². The maximum atomic E-state index is 13.0. The minimum Gasteiger partial charge on any atom is -0.334 e. The van der Waals surface area contributed by atoms with Gasteiger partial charge in [-0.3, -0.25) is 14.5 Å². The van der Waals surface area contributed by atoms with Gasteiger partial charge in [0, 0.05) is 50.7 Å². The van der Waals surface area contributed by atoms with Gasteiger partial charge in [0.1, 0.15) is 0 Å². The van der Waals surface area contributed by atoms with E-state index in [1.807, 2.05) is 23.9 Å². The zero-order valence-corrected chi connectivity index (χ0v) is 16.7. The van der Waals surface area contributed by atoms with E-state index in [0.29, 0.717) is 25.1 Å². The van der Waals surface area contributed by atoms with Crippen LogP contribution in [0.4, 0.5) is 0 Å². The van der Waals surface area contributed by atoms with Crippen LogP contribution in [-0.2, 0) is 36.1 Å². The summed E-state index contributed by atoms with van der Waals surface area (Å²) in [6.45, 7) is 5.98. The Hall–Kier alpha value is -2.26. The quantitative estimate of drug-likeness (QED) is 0.799. The molecular formula is C18H25N5O3S. The Bertz CT molecular complexity index is 952. The third-order valence-corrected chi connectivity index (χ3v) is 5.22. The molecule has 0 aromatic carbocycles. The monoisotopic (exact) mass is 391 g/mol. The number of carbonyl (C=O) groups excluding carboxylic acids is 1. The first-order chi connectivity index (χ1) is 12.8. The molecule has 1 aliphatic rings. The van der Waals surface area contributed by atoms with E-state index in [0.717, 1.165) is 41.7 Å². The Morgan fingerprint density at radius 3 is 2.85 bits per heavy atom. The topological polar surface area (TPSA) is 97.2 Å². The highest BCUT2D eigenvalue weighted by Gasteiger charge is 2.25. The first-order valence-corrected chi connectivity index (χ1v) is 10.9. The first kappa shape index (κ1) is 19.5. The third-order valence-electron chi connectivity index (χ3n) is 4.55. The normalized spacial score (nSPS) is 14.3. The molecule has 9 heteroatoms. The Morgan fingerprint density at radius 2 is 2.15 bits per heavy atom. The lowest BCUT2D eigenvalue weighted by molar-refractivity contribution is 0.0732. The molecule has 0 atom stereocenters. The van der Waals surface area contributed by atoms with Gasteiger partial charge in [0.25, 0.3) is 5.91 Å². The van der Waals surface area contributed by atoms with Crippen LogP contribution in [0.3, 0.4) is 0 Å². The fraction of sp³-hybridized carbons (Fsp3) is 0.500. The number of hydrogen-bond acceptors (Lipinski definition) is 5. The van der Waals surface area contributed by atoms with Crippen LogP contribution in [0.2, 0.25) is 0 Å². The van der Waals surface area contributed by atoms with Crippen molar-refractivity contribution < 1.29 is 13.2 Å². The van der Waals surface area contributed by atoms with Crippen LogP contribution in [0.1, 0.15) is 46.2 Å². The van der Waals surface area contributed by atoms with Gasteiger partial charge in [-0.1, -0.05) is 6.92 Å². The SMILES string of the molecule is CCCn1cc(C(=O)N2CCc3ncc(CNS(C)(=O)=O)cc3C2)c(C)n1. The summed E-state index contributed by atoms with van der Waals surface area (Å²) in [6, 6.07) is 1.92. The highest BCUT2D eigenvalue weighted by atomic mass is 32.2. The number of pyridine rings is 1. The number of fused-ring (bicyclic) bond motifs is 1. The van der Waals surface area contributed by atoms with Gasteiger partial charge in [0.15, 0.2) is 0 Å². The Kier molecular flexibility index (Phi) is 5.61. The van der Waals surface area contributed by atoms with Crippen molar-refractivity contribution in [3.8, 4) is 0 Å². The highest BCUT2D eigenvalue weighted by molar-refractivity contribution is 7.88. The molecule has 0 aliphatic carbocycles. The molecule has 0 spiro atoms. The number of hydrogen-bond donors (Lipinski definition) is 1. The number of rotatable bonds is 6. The van der Waals surface area contributed by atoms with E-state index < -0.39 is 10.0 Å². The number of nitrogens with zero attached hydrogens (tertiary/aromatic N) is 4. The maximum absolute atomic E-state index is 13.0. The second-order valence-electron chi connectivity index (χ2n) is 6.91. The second kappa shape index (κ2) is 7.77. The van der Waals surface area contributed by atoms with Gasteiger partial charge in [-0.15, -0.1) is 0 Å². The molecule has 146 valence electrons. The van der Waals surface area contributed by atoms with Crippen molar-refractivity contribution in [1.29, 1.82) is 0 Å². The van der Waals surface area contributed by atoms with Gasteiger partial charge in [-0.2, -0.15) is 5.10 Å². The summed E-state index contributed by atoms with van der Waals surface area (Å²) >= 11 is 0. The Balaban J connectivity index is 1.75. The van der Waals surface area contributed by atoms with E-state index in [1.54, 1.807) is 11.1 Å². The molecule has 3 rings (SSSR count). The highest BCUT2D eigenvalue weighted by Crippen LogP contribution is 2.21. The van der Waals surface area contributed by atoms with E-state index in [2.05, 4.69) is 21.7 Å². The number of aryl methyl sites for hydroxylation is 2. The van der Waals surface area contributed by atoms with Crippen molar-refractivity contribution in [3.05, 3.63) is 46.5 Å². The van der Waals surface area contributed by atoms with Crippen molar-refractivity contribution in [1.82, 2.24) is 24.4 Å². The van der Waals surface area contributed by atoms with Gasteiger partial charge in [0.05, 0.1) is 17.5 Å². The third kappa shape index (κ3) is 4.72. The molecular weight excluding hydrogens is 366 g/mol. The summed E-state index contributed by atoms with van der Waals surface area (Å²) in [5.74, 6) is -0.0276. The smallest absolute Gasteiger partial charge is 0.257 e. The molecule has 1 aliphatic heterocycles. The van der Waals surface area contributed by atoms with Crippen LogP contribution in [0, 0.1) is 6.92 Å². The molecule has 1 N–H and O–H groups in total. The molecule has 2 aromatic heterocycles. The predicted molar refractivity (Wildman–Crippen MR) is 102 cm³/mol. The van der Waals surface area contributed by atoms with Crippen molar-refractivity contribution in [3.63, 3.8) is 0 Å². The van der Waals surface area contributed by atoms with Gasteiger partial charge >= 0.3 is 0 Å². The molecule has 27 heavy (non-hydrogen) atoms. The summed E-state index contributed by atoms with van der Waals surface area (Å²) < 4.78 is 26.8. The van der Waals surface area contributed by atoms with Crippen LogP contribution >= 0.6 is 0 Å². The van der Waals surface area contributed by atoms with E-state index in [1.165, 1.54) is 0 Å². The molecule has 0 fully saturated rings. The van der Waals surface area contributed by atoms with Crippen LogP contribution in [0.15, 0.2) is 18.5 Å². The molecule has 3 heterocycles. The van der Waals surface area contributed by atoms with Gasteiger partial charge in [0.2, 0.25) is 10.0 Å². The zero-order chi connectivity index (χ0) is 19.6. The predicted octanol–water partition coefficient (Wildman–Crippen LogP) is 1.24. The second-order valence-corrected chi connectivity index (χ2v) is 8.74. The molecule has 2 aromatic rings. The summed E-state index contributed by atoms with van der Waals surface area (Å²) in [7, 11) is -3.26. The number of amides is 1. The fourth-order valence-electron chi connectivity index (χ4n) is 3.20. The molecule has 0 bridgehead atoms. The minimum atomic E-state index is -3.26. The lowest BCUT2D eigenvalue weighted by Crippen LogP contribution is -2.36. The number of aromatic nitrogens is 3. The van der Waals surface area contributed by atoms with Crippen LogP contribution in [0.5, 0.6) is 0 Å². The molecule has 0 radical (unpaired) electrons. The van der Waals surface area contributed by atoms with Crippen molar-refractivity contribution in [2.45, 2.75) is 46.3 Å².